The summed E-state index contributed by atoms with van der Waals surface area (Å²) in [7, 11) is 0. The van der Waals surface area contributed by atoms with E-state index in [9.17, 15) is 9.70 Å². The van der Waals surface area contributed by atoms with Gasteiger partial charge in [-0.1, -0.05) is 53.7 Å². The number of hydrogen-bond acceptors (Lipinski definition) is 4. The van der Waals surface area contributed by atoms with Crippen LogP contribution >= 0.6 is 0 Å². The van der Waals surface area contributed by atoms with Crippen molar-refractivity contribution in [1.29, 1.82) is 0 Å². The van der Waals surface area contributed by atoms with Crippen molar-refractivity contribution in [3.63, 3.8) is 0 Å². The van der Waals surface area contributed by atoms with Gasteiger partial charge in [0, 0.05) is 5.56 Å². The van der Waals surface area contributed by atoms with E-state index in [-0.39, 0.29) is 6.54 Å². The first-order valence-corrected chi connectivity index (χ1v) is 6.86. The lowest BCUT2D eigenvalue weighted by Crippen LogP contribution is -2.09. The molecule has 0 saturated carbocycles. The highest BCUT2D eigenvalue weighted by molar-refractivity contribution is 5.93. The molecule has 0 radical (unpaired) electrons. The first-order chi connectivity index (χ1) is 10.8. The van der Waals surface area contributed by atoms with Gasteiger partial charge in [0.15, 0.2) is 0 Å². The van der Waals surface area contributed by atoms with Gasteiger partial charge < -0.3 is 4.74 Å². The van der Waals surface area contributed by atoms with Gasteiger partial charge >= 0.3 is 5.97 Å². The van der Waals surface area contributed by atoms with Gasteiger partial charge in [0.25, 0.3) is 0 Å². The summed E-state index contributed by atoms with van der Waals surface area (Å²) in [6, 6.07) is 19.9. The van der Waals surface area contributed by atoms with Crippen molar-refractivity contribution < 1.29 is 9.53 Å². The minimum Gasteiger partial charge on any atom is -0.423 e. The van der Waals surface area contributed by atoms with Crippen LogP contribution in [-0.2, 0) is 6.54 Å². The van der Waals surface area contributed by atoms with Crippen LogP contribution in [0.4, 0.5) is 0 Å². The molecule has 3 aromatic carbocycles. The van der Waals surface area contributed by atoms with Gasteiger partial charge in [0.2, 0.25) is 0 Å². The van der Waals surface area contributed by atoms with E-state index in [0.29, 0.717) is 16.9 Å². The van der Waals surface area contributed by atoms with Crippen LogP contribution < -0.4 is 4.74 Å². The maximum absolute atomic E-state index is 12.2. The van der Waals surface area contributed by atoms with Crippen molar-refractivity contribution in [2.24, 2.45) is 5.18 Å². The fraction of sp³-hybridized carbons (Fsp3) is 0.0556. The van der Waals surface area contributed by atoms with Crippen molar-refractivity contribution in [3.05, 3.63) is 82.8 Å². The quantitative estimate of drug-likeness (QED) is 0.408. The number of nitroso groups, excluding NO2 is 1. The van der Waals surface area contributed by atoms with Crippen molar-refractivity contribution in [2.45, 2.75) is 6.54 Å². The van der Waals surface area contributed by atoms with Crippen molar-refractivity contribution in [1.82, 2.24) is 0 Å². The molecular weight excluding hydrogens is 278 g/mol. The Morgan fingerprint density at radius 3 is 2.41 bits per heavy atom. The van der Waals surface area contributed by atoms with Crippen molar-refractivity contribution in [2.75, 3.05) is 0 Å². The molecule has 0 fully saturated rings. The van der Waals surface area contributed by atoms with Crippen molar-refractivity contribution in [3.8, 4) is 5.75 Å². The van der Waals surface area contributed by atoms with E-state index in [1.54, 1.807) is 30.3 Å². The predicted molar refractivity (Wildman–Crippen MR) is 84.8 cm³/mol. The topological polar surface area (TPSA) is 55.7 Å². The van der Waals surface area contributed by atoms with Gasteiger partial charge in [-0.3, -0.25) is 0 Å². The fourth-order valence-electron chi connectivity index (χ4n) is 2.37. The highest BCUT2D eigenvalue weighted by Gasteiger charge is 2.14. The molecule has 0 amide bonds. The Bertz CT molecular complexity index is 828. The summed E-state index contributed by atoms with van der Waals surface area (Å²) in [6.07, 6.45) is 0. The Morgan fingerprint density at radius 2 is 1.64 bits per heavy atom. The Morgan fingerprint density at radius 1 is 0.909 bits per heavy atom. The molecule has 0 bridgehead atoms. The maximum atomic E-state index is 12.2. The molecule has 0 aliphatic heterocycles. The third-order valence-electron chi connectivity index (χ3n) is 3.43. The Labute approximate surface area is 127 Å². The van der Waals surface area contributed by atoms with E-state index in [1.807, 2.05) is 36.4 Å². The van der Waals surface area contributed by atoms with E-state index in [0.717, 1.165) is 10.8 Å². The number of rotatable bonds is 4. The summed E-state index contributed by atoms with van der Waals surface area (Å²) in [5.74, 6) is -0.0878. The monoisotopic (exact) mass is 291 g/mol. The first-order valence-electron chi connectivity index (χ1n) is 6.86. The number of hydrogen-bond donors (Lipinski definition) is 0. The average Bonchev–Trinajstić information content (AvgIpc) is 2.58. The van der Waals surface area contributed by atoms with E-state index in [1.165, 1.54) is 0 Å². The van der Waals surface area contributed by atoms with Gasteiger partial charge in [-0.05, 0) is 29.0 Å². The molecule has 4 heteroatoms. The van der Waals surface area contributed by atoms with Crippen molar-refractivity contribution >= 4 is 16.7 Å². The molecule has 0 spiro atoms. The van der Waals surface area contributed by atoms with Gasteiger partial charge in [-0.15, -0.1) is 0 Å². The minimum absolute atomic E-state index is 0.0429. The summed E-state index contributed by atoms with van der Waals surface area (Å²) >= 11 is 0. The Hall–Kier alpha value is -3.01. The summed E-state index contributed by atoms with van der Waals surface area (Å²) < 4.78 is 5.45. The number of benzene rings is 3. The fourth-order valence-corrected chi connectivity index (χ4v) is 2.37. The van der Waals surface area contributed by atoms with Crippen LogP contribution in [-0.4, -0.2) is 5.97 Å². The summed E-state index contributed by atoms with van der Waals surface area (Å²) in [4.78, 5) is 22.9. The summed E-state index contributed by atoms with van der Waals surface area (Å²) in [5.41, 5.74) is 1.08. The lowest BCUT2D eigenvalue weighted by Gasteiger charge is -2.11. The van der Waals surface area contributed by atoms with Gasteiger partial charge in [0.05, 0.1) is 5.56 Å². The second-order valence-corrected chi connectivity index (χ2v) is 4.81. The van der Waals surface area contributed by atoms with Crippen LogP contribution in [0.5, 0.6) is 5.75 Å². The molecule has 22 heavy (non-hydrogen) atoms. The second kappa shape index (κ2) is 6.18. The highest BCUT2D eigenvalue weighted by atomic mass is 16.5. The lowest BCUT2D eigenvalue weighted by molar-refractivity contribution is 0.0733. The normalized spacial score (nSPS) is 10.4. The molecule has 3 rings (SSSR count). The second-order valence-electron chi connectivity index (χ2n) is 4.81. The van der Waals surface area contributed by atoms with E-state index in [2.05, 4.69) is 5.18 Å². The molecule has 0 saturated heterocycles. The first kappa shape index (κ1) is 13.9. The molecule has 108 valence electrons. The molecule has 0 aliphatic carbocycles. The molecular formula is C18H13NO3. The number of fused-ring (bicyclic) bond motifs is 1. The van der Waals surface area contributed by atoms with Crippen LogP contribution in [0.2, 0.25) is 0 Å². The number of ether oxygens (including phenoxy) is 1. The third kappa shape index (κ3) is 2.72. The van der Waals surface area contributed by atoms with Crippen LogP contribution in [0.25, 0.3) is 10.8 Å². The maximum Gasteiger partial charge on any atom is 0.343 e. The number of esters is 1. The van der Waals surface area contributed by atoms with Gasteiger partial charge in [-0.2, -0.15) is 4.91 Å². The molecule has 0 atom stereocenters. The number of nitrogens with zero attached hydrogens (tertiary/aromatic N) is 1. The molecule has 0 N–H and O–H groups in total. The average molecular weight is 291 g/mol. The SMILES string of the molecule is O=NCc1c(OC(=O)c2ccccc2)ccc2ccccc12. The highest BCUT2D eigenvalue weighted by Crippen LogP contribution is 2.29. The van der Waals surface area contributed by atoms with Crippen LogP contribution in [0.1, 0.15) is 15.9 Å². The van der Waals surface area contributed by atoms with E-state index in [4.69, 9.17) is 4.74 Å². The smallest absolute Gasteiger partial charge is 0.343 e. The molecule has 0 aromatic heterocycles. The van der Waals surface area contributed by atoms with Crippen LogP contribution in [0, 0.1) is 4.91 Å². The third-order valence-corrected chi connectivity index (χ3v) is 3.43. The summed E-state index contributed by atoms with van der Waals surface area (Å²) in [6.45, 7) is -0.0429. The number of carbonyl (C=O) groups is 1. The zero-order valence-electron chi connectivity index (χ0n) is 11.7. The molecule has 0 unspecified atom stereocenters. The van der Waals surface area contributed by atoms with Crippen LogP contribution in [0.15, 0.2) is 71.9 Å². The van der Waals surface area contributed by atoms with Gasteiger partial charge in [-0.25, -0.2) is 4.79 Å². The zero-order valence-corrected chi connectivity index (χ0v) is 11.7. The zero-order chi connectivity index (χ0) is 15.4. The Kier molecular flexibility index (Phi) is 3.92. The minimum atomic E-state index is -0.456. The van der Waals surface area contributed by atoms with E-state index < -0.39 is 5.97 Å². The number of carbonyl (C=O) groups excluding carboxylic acids is 1. The van der Waals surface area contributed by atoms with Crippen LogP contribution in [0.3, 0.4) is 0 Å². The standard InChI is InChI=1S/C18H13NO3/c20-18(14-7-2-1-3-8-14)22-17-11-10-13-6-4-5-9-15(13)16(17)12-19-21/h1-11H,12H2. The molecule has 0 aliphatic rings. The van der Waals surface area contributed by atoms with Gasteiger partial charge in [0.1, 0.15) is 12.3 Å². The molecule has 0 heterocycles. The Balaban J connectivity index is 2.01. The largest absolute Gasteiger partial charge is 0.423 e. The molecule has 3 aromatic rings. The van der Waals surface area contributed by atoms with E-state index >= 15 is 0 Å². The predicted octanol–water partition coefficient (Wildman–Crippen LogP) is 4.33. The lowest BCUT2D eigenvalue weighted by atomic mass is 10.0. The summed E-state index contributed by atoms with van der Waals surface area (Å²) in [5, 5.41) is 4.79. The molecule has 4 nitrogen and oxygen atoms in total.